The summed E-state index contributed by atoms with van der Waals surface area (Å²) < 4.78 is 42.4. The number of rotatable bonds is 4. The molecule has 0 aliphatic carbocycles. The quantitative estimate of drug-likeness (QED) is 0.666. The number of carbonyl (C=O) groups excluding carboxylic acids is 1. The maximum atomic E-state index is 13.6. The summed E-state index contributed by atoms with van der Waals surface area (Å²) >= 11 is 11.6. The van der Waals surface area contributed by atoms with Crippen LogP contribution in [-0.2, 0) is 6.18 Å². The molecule has 0 aliphatic heterocycles. The van der Waals surface area contributed by atoms with Gasteiger partial charge in [0.15, 0.2) is 11.5 Å². The standard InChI is InChI=1S/C17H12Cl2F3N5O2/c1-2-23-15(28)10-8-25-27(14(10)17(20,21)22)12-4-3-9(7-24-12)26-6-5-11(18)13(19)16(26)29/h3-8H,2H2,1H3,(H,23,28). The van der Waals surface area contributed by atoms with Gasteiger partial charge in [0.25, 0.3) is 11.5 Å². The average Bonchev–Trinajstić information content (AvgIpc) is 3.12. The zero-order chi connectivity index (χ0) is 21.3. The third-order valence-corrected chi connectivity index (χ3v) is 4.61. The Kier molecular flexibility index (Phi) is 5.67. The summed E-state index contributed by atoms with van der Waals surface area (Å²) in [5.74, 6) is -1.09. The van der Waals surface area contributed by atoms with E-state index in [-0.39, 0.29) is 28.1 Å². The van der Waals surface area contributed by atoms with Crippen LogP contribution in [0.4, 0.5) is 13.2 Å². The number of amides is 1. The molecule has 0 fully saturated rings. The molecule has 0 atom stereocenters. The van der Waals surface area contributed by atoms with Gasteiger partial charge in [-0.1, -0.05) is 23.2 Å². The first kappa shape index (κ1) is 20.9. The van der Waals surface area contributed by atoms with Crippen LogP contribution >= 0.6 is 23.2 Å². The number of aromatic nitrogens is 4. The molecule has 0 bridgehead atoms. The predicted molar refractivity (Wildman–Crippen MR) is 100.0 cm³/mol. The average molecular weight is 446 g/mol. The Hall–Kier alpha value is -2.85. The number of halogens is 5. The van der Waals surface area contributed by atoms with E-state index in [9.17, 15) is 22.8 Å². The molecular weight excluding hydrogens is 434 g/mol. The number of pyridine rings is 2. The van der Waals surface area contributed by atoms with Crippen molar-refractivity contribution in [3.05, 3.63) is 68.4 Å². The molecule has 3 aromatic rings. The number of alkyl halides is 3. The molecule has 152 valence electrons. The van der Waals surface area contributed by atoms with Crippen molar-refractivity contribution < 1.29 is 18.0 Å². The predicted octanol–water partition coefficient (Wildman–Crippen LogP) is 3.49. The van der Waals surface area contributed by atoms with Crippen molar-refractivity contribution in [3.63, 3.8) is 0 Å². The zero-order valence-electron chi connectivity index (χ0n) is 14.7. The fourth-order valence-electron chi connectivity index (χ4n) is 2.55. The SMILES string of the molecule is CCNC(=O)c1cnn(-c2ccc(-n3ccc(Cl)c(Cl)c3=O)cn2)c1C(F)(F)F. The summed E-state index contributed by atoms with van der Waals surface area (Å²) in [6.45, 7) is 1.74. The summed E-state index contributed by atoms with van der Waals surface area (Å²) in [6, 6.07) is 3.99. The Balaban J connectivity index is 2.06. The van der Waals surface area contributed by atoms with Crippen LogP contribution in [0.2, 0.25) is 10.0 Å². The molecular formula is C17H12Cl2F3N5O2. The van der Waals surface area contributed by atoms with E-state index in [1.807, 2.05) is 0 Å². The molecule has 0 saturated heterocycles. The second-order valence-electron chi connectivity index (χ2n) is 5.70. The molecule has 29 heavy (non-hydrogen) atoms. The Bertz CT molecular complexity index is 1120. The summed E-state index contributed by atoms with van der Waals surface area (Å²) in [5, 5.41) is 5.85. The maximum Gasteiger partial charge on any atom is 0.434 e. The van der Waals surface area contributed by atoms with E-state index in [0.29, 0.717) is 4.68 Å². The lowest BCUT2D eigenvalue weighted by atomic mass is 10.2. The highest BCUT2D eigenvalue weighted by Crippen LogP contribution is 2.33. The molecule has 1 N–H and O–H groups in total. The van der Waals surface area contributed by atoms with Crippen LogP contribution in [0.15, 0.2) is 41.6 Å². The molecule has 1 amide bonds. The number of nitrogens with one attached hydrogen (secondary N) is 1. The van der Waals surface area contributed by atoms with E-state index in [4.69, 9.17) is 23.2 Å². The molecule has 12 heteroatoms. The maximum absolute atomic E-state index is 13.6. The van der Waals surface area contributed by atoms with Gasteiger partial charge in [-0.2, -0.15) is 18.3 Å². The minimum atomic E-state index is -4.85. The van der Waals surface area contributed by atoms with Crippen molar-refractivity contribution >= 4 is 29.1 Å². The van der Waals surface area contributed by atoms with E-state index < -0.39 is 28.9 Å². The minimum Gasteiger partial charge on any atom is -0.352 e. The highest BCUT2D eigenvalue weighted by Gasteiger charge is 2.40. The lowest BCUT2D eigenvalue weighted by Gasteiger charge is -2.13. The van der Waals surface area contributed by atoms with Gasteiger partial charge < -0.3 is 5.32 Å². The van der Waals surface area contributed by atoms with E-state index in [2.05, 4.69) is 15.4 Å². The summed E-state index contributed by atoms with van der Waals surface area (Å²) in [4.78, 5) is 28.1. The fraction of sp³-hybridized carbons (Fsp3) is 0.176. The number of carbonyl (C=O) groups is 1. The van der Waals surface area contributed by atoms with Gasteiger partial charge in [0.1, 0.15) is 5.02 Å². The highest BCUT2D eigenvalue weighted by atomic mass is 35.5. The van der Waals surface area contributed by atoms with Crippen molar-refractivity contribution in [1.82, 2.24) is 24.6 Å². The van der Waals surface area contributed by atoms with Gasteiger partial charge in [0, 0.05) is 12.7 Å². The fourth-order valence-corrected chi connectivity index (χ4v) is 2.85. The summed E-state index contributed by atoms with van der Waals surface area (Å²) in [7, 11) is 0. The Morgan fingerprint density at radius 3 is 2.52 bits per heavy atom. The Labute approximate surface area is 171 Å². The highest BCUT2D eigenvalue weighted by molar-refractivity contribution is 6.41. The molecule has 3 rings (SSSR count). The van der Waals surface area contributed by atoms with Gasteiger partial charge in [-0.25, -0.2) is 9.67 Å². The second-order valence-corrected chi connectivity index (χ2v) is 6.49. The number of nitrogens with zero attached hydrogens (tertiary/aromatic N) is 4. The van der Waals surface area contributed by atoms with E-state index in [1.165, 1.54) is 30.6 Å². The van der Waals surface area contributed by atoms with Crippen LogP contribution in [0.25, 0.3) is 11.5 Å². The number of hydrogen-bond donors (Lipinski definition) is 1. The van der Waals surface area contributed by atoms with E-state index in [0.717, 1.165) is 10.8 Å². The molecule has 7 nitrogen and oxygen atoms in total. The molecule has 0 saturated carbocycles. The molecule has 0 aliphatic rings. The van der Waals surface area contributed by atoms with Gasteiger partial charge in [0.2, 0.25) is 0 Å². The van der Waals surface area contributed by atoms with E-state index in [1.54, 1.807) is 6.92 Å². The topological polar surface area (TPSA) is 81.8 Å². The monoisotopic (exact) mass is 445 g/mol. The largest absolute Gasteiger partial charge is 0.434 e. The molecule has 3 aromatic heterocycles. The van der Waals surface area contributed by atoms with Crippen molar-refractivity contribution in [3.8, 4) is 11.5 Å². The van der Waals surface area contributed by atoms with Crippen molar-refractivity contribution in [1.29, 1.82) is 0 Å². The van der Waals surface area contributed by atoms with Crippen LogP contribution in [0.5, 0.6) is 0 Å². The van der Waals surface area contributed by atoms with Crippen molar-refractivity contribution in [2.24, 2.45) is 0 Å². The minimum absolute atomic E-state index is 0.0711. The lowest BCUT2D eigenvalue weighted by Crippen LogP contribution is -2.26. The van der Waals surface area contributed by atoms with E-state index >= 15 is 0 Å². The van der Waals surface area contributed by atoms with Gasteiger partial charge in [-0.15, -0.1) is 0 Å². The Morgan fingerprint density at radius 1 is 1.21 bits per heavy atom. The smallest absolute Gasteiger partial charge is 0.352 e. The first-order chi connectivity index (χ1) is 13.6. The zero-order valence-corrected chi connectivity index (χ0v) is 16.2. The van der Waals surface area contributed by atoms with Gasteiger partial charge in [-0.05, 0) is 25.1 Å². The summed E-state index contributed by atoms with van der Waals surface area (Å²) in [5.41, 5.74) is -2.23. The van der Waals surface area contributed by atoms with Crippen molar-refractivity contribution in [2.75, 3.05) is 6.54 Å². The molecule has 0 spiro atoms. The van der Waals surface area contributed by atoms with Gasteiger partial charge >= 0.3 is 6.18 Å². The first-order valence-electron chi connectivity index (χ1n) is 8.12. The van der Waals surface area contributed by atoms with Gasteiger partial charge in [0.05, 0.1) is 28.7 Å². The molecule has 0 aromatic carbocycles. The third kappa shape index (κ3) is 3.99. The molecule has 0 radical (unpaired) electrons. The lowest BCUT2D eigenvalue weighted by molar-refractivity contribution is -0.143. The van der Waals surface area contributed by atoms with Crippen LogP contribution in [0.3, 0.4) is 0 Å². The van der Waals surface area contributed by atoms with Crippen molar-refractivity contribution in [2.45, 2.75) is 13.1 Å². The second kappa shape index (κ2) is 7.88. The van der Waals surface area contributed by atoms with Crippen LogP contribution in [0, 0.1) is 0 Å². The van der Waals surface area contributed by atoms with Gasteiger partial charge in [-0.3, -0.25) is 14.2 Å². The normalized spacial score (nSPS) is 11.5. The first-order valence-corrected chi connectivity index (χ1v) is 8.87. The molecule has 0 unspecified atom stereocenters. The Morgan fingerprint density at radius 2 is 1.93 bits per heavy atom. The van der Waals surface area contributed by atoms with Crippen LogP contribution < -0.4 is 10.9 Å². The molecule has 3 heterocycles. The number of hydrogen-bond acceptors (Lipinski definition) is 4. The third-order valence-electron chi connectivity index (χ3n) is 3.83. The summed E-state index contributed by atoms with van der Waals surface area (Å²) in [6.07, 6.45) is -1.49. The van der Waals surface area contributed by atoms with Crippen LogP contribution in [-0.4, -0.2) is 31.8 Å². The van der Waals surface area contributed by atoms with Crippen LogP contribution in [0.1, 0.15) is 23.0 Å².